The molecule has 0 aromatic heterocycles. The Morgan fingerprint density at radius 1 is 1.42 bits per heavy atom. The summed E-state index contributed by atoms with van der Waals surface area (Å²) < 4.78 is 0. The first-order chi connectivity index (χ1) is 11.5. The number of carbonyl (C=O) groups excluding carboxylic acids is 2. The van der Waals surface area contributed by atoms with Crippen molar-refractivity contribution in [1.29, 1.82) is 0 Å². The summed E-state index contributed by atoms with van der Waals surface area (Å²) in [5.74, 6) is -1.44. The Kier molecular flexibility index (Phi) is 4.13. The Morgan fingerprint density at radius 2 is 2.17 bits per heavy atom. The average molecular weight is 328 g/mol. The van der Waals surface area contributed by atoms with Crippen molar-refractivity contribution in [2.24, 2.45) is 0 Å². The Hall–Kier alpha value is -2.63. The number of amides is 2. The smallest absolute Gasteiger partial charge is 0.326 e. The monoisotopic (exact) mass is 328 g/mol. The average Bonchev–Trinajstić information content (AvgIpc) is 2.58. The lowest BCUT2D eigenvalue weighted by Gasteiger charge is -2.44. The van der Waals surface area contributed by atoms with E-state index in [2.05, 4.69) is 6.58 Å². The minimum atomic E-state index is -1.01. The number of carbonyl (C=O) groups is 3. The summed E-state index contributed by atoms with van der Waals surface area (Å²) in [6.45, 7) is 6.26. The molecule has 2 aliphatic rings. The van der Waals surface area contributed by atoms with Crippen LogP contribution in [0, 0.1) is 0 Å². The van der Waals surface area contributed by atoms with Crippen molar-refractivity contribution in [3.05, 3.63) is 42.0 Å². The zero-order chi connectivity index (χ0) is 17.4. The Balaban J connectivity index is 2.16. The quantitative estimate of drug-likeness (QED) is 0.858. The van der Waals surface area contributed by atoms with Crippen LogP contribution in [0.1, 0.15) is 41.6 Å². The first kappa shape index (κ1) is 16.2. The highest BCUT2D eigenvalue weighted by Gasteiger charge is 2.44. The number of benzene rings is 1. The maximum Gasteiger partial charge on any atom is 0.326 e. The van der Waals surface area contributed by atoms with Crippen LogP contribution in [0.2, 0.25) is 0 Å². The molecule has 6 heteroatoms. The van der Waals surface area contributed by atoms with Gasteiger partial charge in [-0.05, 0) is 24.1 Å². The van der Waals surface area contributed by atoms with E-state index in [1.54, 1.807) is 36.1 Å². The molecule has 0 fully saturated rings. The first-order valence-corrected chi connectivity index (χ1v) is 8.07. The molecule has 1 aromatic rings. The second-order valence-electron chi connectivity index (χ2n) is 6.14. The molecule has 24 heavy (non-hydrogen) atoms. The predicted molar refractivity (Wildman–Crippen MR) is 89.1 cm³/mol. The topological polar surface area (TPSA) is 77.9 Å². The van der Waals surface area contributed by atoms with Crippen LogP contribution in [0.5, 0.6) is 0 Å². The third-order valence-corrected chi connectivity index (χ3v) is 4.73. The molecule has 0 spiro atoms. The van der Waals surface area contributed by atoms with Gasteiger partial charge < -0.3 is 10.0 Å². The van der Waals surface area contributed by atoms with E-state index in [0.717, 1.165) is 5.56 Å². The second-order valence-corrected chi connectivity index (χ2v) is 6.14. The molecule has 2 atom stereocenters. The Bertz CT molecular complexity index is 728. The predicted octanol–water partition coefficient (Wildman–Crippen LogP) is 2.01. The van der Waals surface area contributed by atoms with Gasteiger partial charge in [0.15, 0.2) is 0 Å². The summed E-state index contributed by atoms with van der Waals surface area (Å²) in [7, 11) is 0. The van der Waals surface area contributed by atoms with Gasteiger partial charge in [0, 0.05) is 36.7 Å². The molecule has 0 unspecified atom stereocenters. The van der Waals surface area contributed by atoms with Gasteiger partial charge >= 0.3 is 5.97 Å². The standard InChI is InChI=1S/C18H20N2O4/c1-3-8-19-10-11-9-14(18(23)24)20(15(21)4-2)13-7-5-6-12(16(11)13)17(19)22/h3,5-7,11,14H,1,4,8-10H2,2H3,(H,23,24)/t11-,14-/m0/s1. The van der Waals surface area contributed by atoms with E-state index >= 15 is 0 Å². The van der Waals surface area contributed by atoms with Gasteiger partial charge in [0.05, 0.1) is 0 Å². The van der Waals surface area contributed by atoms with Gasteiger partial charge in [0.2, 0.25) is 5.91 Å². The normalized spacial score (nSPS) is 22.1. The molecule has 2 aliphatic heterocycles. The van der Waals surface area contributed by atoms with E-state index in [1.807, 2.05) is 0 Å². The third-order valence-electron chi connectivity index (χ3n) is 4.73. The number of hydrogen-bond acceptors (Lipinski definition) is 3. The van der Waals surface area contributed by atoms with Gasteiger partial charge in [0.1, 0.15) is 6.04 Å². The summed E-state index contributed by atoms with van der Waals surface area (Å²) in [4.78, 5) is 39.8. The van der Waals surface area contributed by atoms with Crippen molar-refractivity contribution in [1.82, 2.24) is 4.90 Å². The van der Waals surface area contributed by atoms with Gasteiger partial charge in [-0.15, -0.1) is 6.58 Å². The number of nitrogens with zero attached hydrogens (tertiary/aromatic N) is 2. The van der Waals surface area contributed by atoms with Crippen LogP contribution in [0.3, 0.4) is 0 Å². The lowest BCUT2D eigenvalue weighted by atomic mass is 9.79. The molecule has 2 amide bonds. The molecule has 0 radical (unpaired) electrons. The van der Waals surface area contributed by atoms with E-state index in [0.29, 0.717) is 30.8 Å². The van der Waals surface area contributed by atoms with E-state index < -0.39 is 12.0 Å². The maximum absolute atomic E-state index is 12.7. The van der Waals surface area contributed by atoms with Gasteiger partial charge in [-0.2, -0.15) is 0 Å². The number of aliphatic carboxylic acids is 1. The van der Waals surface area contributed by atoms with E-state index in [4.69, 9.17) is 0 Å². The van der Waals surface area contributed by atoms with Crippen LogP contribution >= 0.6 is 0 Å². The molecule has 2 heterocycles. The molecule has 0 bridgehead atoms. The van der Waals surface area contributed by atoms with E-state index in [9.17, 15) is 19.5 Å². The van der Waals surface area contributed by atoms with Crippen LogP contribution in [0.4, 0.5) is 5.69 Å². The molecule has 1 N–H and O–H groups in total. The van der Waals surface area contributed by atoms with Crippen LogP contribution < -0.4 is 4.90 Å². The molecule has 0 saturated carbocycles. The Morgan fingerprint density at radius 3 is 2.79 bits per heavy atom. The molecule has 0 saturated heterocycles. The molecule has 3 rings (SSSR count). The zero-order valence-electron chi connectivity index (χ0n) is 13.6. The van der Waals surface area contributed by atoms with Crippen molar-refractivity contribution in [2.45, 2.75) is 31.7 Å². The van der Waals surface area contributed by atoms with Crippen molar-refractivity contribution >= 4 is 23.5 Å². The third kappa shape index (κ3) is 2.38. The number of carboxylic acids is 1. The SMILES string of the molecule is C=CCN1C[C@@H]2C[C@@H](C(=O)O)N(C(=O)CC)c3cccc(c32)C1=O. The lowest BCUT2D eigenvalue weighted by molar-refractivity contribution is -0.140. The van der Waals surface area contributed by atoms with Crippen molar-refractivity contribution in [3.8, 4) is 0 Å². The molecule has 126 valence electrons. The fourth-order valence-corrected chi connectivity index (χ4v) is 3.73. The van der Waals surface area contributed by atoms with Crippen LogP contribution in [0.15, 0.2) is 30.9 Å². The highest BCUT2D eigenvalue weighted by atomic mass is 16.4. The first-order valence-electron chi connectivity index (χ1n) is 8.07. The van der Waals surface area contributed by atoms with Crippen LogP contribution in [-0.2, 0) is 9.59 Å². The fraction of sp³-hybridized carbons (Fsp3) is 0.389. The summed E-state index contributed by atoms with van der Waals surface area (Å²) in [6.07, 6.45) is 2.19. The van der Waals surface area contributed by atoms with Gasteiger partial charge in [-0.3, -0.25) is 14.5 Å². The largest absolute Gasteiger partial charge is 0.480 e. The molecule has 6 nitrogen and oxygen atoms in total. The molecular formula is C18H20N2O4. The van der Waals surface area contributed by atoms with Gasteiger partial charge in [-0.25, -0.2) is 4.79 Å². The van der Waals surface area contributed by atoms with Crippen molar-refractivity contribution in [2.75, 3.05) is 18.0 Å². The highest BCUT2D eigenvalue weighted by molar-refractivity contribution is 6.05. The lowest BCUT2D eigenvalue weighted by Crippen LogP contribution is -2.52. The van der Waals surface area contributed by atoms with Gasteiger partial charge in [-0.1, -0.05) is 19.1 Å². The number of rotatable bonds is 4. The molecule has 0 aliphatic carbocycles. The molecule has 1 aromatic carbocycles. The summed E-state index contributed by atoms with van der Waals surface area (Å²) in [5, 5.41) is 9.61. The second kappa shape index (κ2) is 6.11. The fourth-order valence-electron chi connectivity index (χ4n) is 3.73. The van der Waals surface area contributed by atoms with Crippen LogP contribution in [0.25, 0.3) is 0 Å². The maximum atomic E-state index is 12.7. The minimum absolute atomic E-state index is 0.0872. The Labute approximate surface area is 140 Å². The number of carboxylic acid groups (broad SMARTS) is 1. The van der Waals surface area contributed by atoms with E-state index in [1.165, 1.54) is 4.90 Å². The zero-order valence-corrected chi connectivity index (χ0v) is 13.6. The summed E-state index contributed by atoms with van der Waals surface area (Å²) in [5.41, 5.74) is 1.93. The highest BCUT2D eigenvalue weighted by Crippen LogP contribution is 2.44. The van der Waals surface area contributed by atoms with Gasteiger partial charge in [0.25, 0.3) is 5.91 Å². The van der Waals surface area contributed by atoms with E-state index in [-0.39, 0.29) is 24.2 Å². The number of anilines is 1. The van der Waals surface area contributed by atoms with Crippen molar-refractivity contribution in [3.63, 3.8) is 0 Å². The molecular weight excluding hydrogens is 308 g/mol. The van der Waals surface area contributed by atoms with Crippen LogP contribution in [-0.4, -0.2) is 46.9 Å². The number of hydrogen-bond donors (Lipinski definition) is 1. The minimum Gasteiger partial charge on any atom is -0.480 e. The van der Waals surface area contributed by atoms with Crippen molar-refractivity contribution < 1.29 is 19.5 Å². The summed E-state index contributed by atoms with van der Waals surface area (Å²) in [6, 6.07) is 4.30. The summed E-state index contributed by atoms with van der Waals surface area (Å²) >= 11 is 0.